The van der Waals surface area contributed by atoms with Crippen LogP contribution in [0.2, 0.25) is 0 Å². The molecule has 0 spiro atoms. The van der Waals surface area contributed by atoms with Crippen LogP contribution in [0.1, 0.15) is 75.1 Å². The highest BCUT2D eigenvalue weighted by molar-refractivity contribution is 6.03. The number of pyridine rings is 1. The zero-order valence-corrected chi connectivity index (χ0v) is 27.6. The summed E-state index contributed by atoms with van der Waals surface area (Å²) in [5, 5.41) is 0. The summed E-state index contributed by atoms with van der Waals surface area (Å²) in [6.07, 6.45) is 1.70. The molecule has 0 bridgehead atoms. The number of hydrogen-bond acceptors (Lipinski definition) is 10. The number of ketones is 1. The monoisotopic (exact) mass is 643 g/mol. The molecule has 8 atom stereocenters. The van der Waals surface area contributed by atoms with E-state index >= 15 is 0 Å². The summed E-state index contributed by atoms with van der Waals surface area (Å²) >= 11 is 0. The average Bonchev–Trinajstić information content (AvgIpc) is 3.41. The van der Waals surface area contributed by atoms with E-state index in [1.54, 1.807) is 56.3 Å². The van der Waals surface area contributed by atoms with Gasteiger partial charge in [0.2, 0.25) is 5.78 Å². The maximum absolute atomic E-state index is 14.7. The smallest absolute Gasteiger partial charge is 0.340 e. The number of benzene rings is 1. The number of esters is 4. The summed E-state index contributed by atoms with van der Waals surface area (Å²) in [6.45, 7) is 14.3. The molecular formula is C37H41NO9. The third-order valence-electron chi connectivity index (χ3n) is 9.98. The van der Waals surface area contributed by atoms with E-state index in [9.17, 15) is 24.0 Å². The molecule has 1 heterocycles. The predicted octanol–water partition coefficient (Wildman–Crippen LogP) is 5.47. The van der Waals surface area contributed by atoms with E-state index in [0.717, 1.165) is 0 Å². The second-order valence-electron chi connectivity index (χ2n) is 13.5. The Bertz CT molecular complexity index is 1610. The van der Waals surface area contributed by atoms with Gasteiger partial charge in [0.05, 0.1) is 17.0 Å². The van der Waals surface area contributed by atoms with Crippen LogP contribution in [-0.2, 0) is 33.3 Å². The zero-order chi connectivity index (χ0) is 34.3. The van der Waals surface area contributed by atoms with Crippen molar-refractivity contribution >= 4 is 29.7 Å². The topological polar surface area (TPSA) is 135 Å². The average molecular weight is 644 g/mol. The normalized spacial score (nSPS) is 32.3. The molecule has 2 fully saturated rings. The van der Waals surface area contributed by atoms with Crippen LogP contribution in [0.25, 0.3) is 0 Å². The van der Waals surface area contributed by atoms with Gasteiger partial charge in [-0.05, 0) is 66.4 Å². The number of ether oxygens (including phenoxy) is 4. The van der Waals surface area contributed by atoms with Crippen molar-refractivity contribution in [2.45, 2.75) is 78.3 Å². The van der Waals surface area contributed by atoms with Crippen molar-refractivity contribution in [3.63, 3.8) is 0 Å². The SMILES string of the molecule is C=C1C(OC(C)=O)C2[C@@H](OC(=O)c3ccccc3)[C@@H](C)C[C@]2(OC(C)=O)C(=O)/C(C)=C\[C@@H]2[C@H](C[C@H]1OC(=O)c1cccnc1)C2(C)C. The zero-order valence-electron chi connectivity index (χ0n) is 27.6. The molecule has 2 aromatic rings. The molecule has 1 aromatic carbocycles. The van der Waals surface area contributed by atoms with Gasteiger partial charge in [0.1, 0.15) is 18.3 Å². The molecule has 0 radical (unpaired) electrons. The Morgan fingerprint density at radius 2 is 1.57 bits per heavy atom. The molecule has 5 rings (SSSR count). The van der Waals surface area contributed by atoms with Crippen molar-refractivity contribution in [3.05, 3.63) is 89.8 Å². The first-order valence-corrected chi connectivity index (χ1v) is 15.8. The molecule has 2 saturated carbocycles. The third-order valence-corrected chi connectivity index (χ3v) is 9.98. The summed E-state index contributed by atoms with van der Waals surface area (Å²) in [5.74, 6) is -5.08. The lowest BCUT2D eigenvalue weighted by Crippen LogP contribution is -2.55. The Morgan fingerprint density at radius 1 is 0.915 bits per heavy atom. The van der Waals surface area contributed by atoms with E-state index < -0.39 is 65.4 Å². The highest BCUT2D eigenvalue weighted by Gasteiger charge is 2.66. The molecule has 3 aliphatic rings. The molecule has 0 saturated heterocycles. The number of aromatic nitrogens is 1. The molecule has 0 amide bonds. The van der Waals surface area contributed by atoms with Crippen LogP contribution in [0, 0.1) is 29.1 Å². The first-order valence-electron chi connectivity index (χ1n) is 15.8. The van der Waals surface area contributed by atoms with E-state index in [4.69, 9.17) is 18.9 Å². The van der Waals surface area contributed by atoms with Crippen LogP contribution in [0.5, 0.6) is 0 Å². The Hall–Kier alpha value is -4.60. The van der Waals surface area contributed by atoms with Crippen molar-refractivity contribution in [1.82, 2.24) is 4.98 Å². The minimum absolute atomic E-state index is 0.0172. The lowest BCUT2D eigenvalue weighted by molar-refractivity contribution is -0.179. The predicted molar refractivity (Wildman–Crippen MR) is 170 cm³/mol. The summed E-state index contributed by atoms with van der Waals surface area (Å²) in [7, 11) is 0. The second kappa shape index (κ2) is 12.9. The quantitative estimate of drug-likeness (QED) is 0.227. The molecule has 2 unspecified atom stereocenters. The van der Waals surface area contributed by atoms with Gasteiger partial charge in [0, 0.05) is 38.2 Å². The number of carbonyl (C=O) groups is 5. The fraction of sp³-hybridized carbons (Fsp3) is 0.459. The largest absolute Gasteiger partial charge is 0.458 e. The van der Waals surface area contributed by atoms with Crippen LogP contribution >= 0.6 is 0 Å². The van der Waals surface area contributed by atoms with E-state index in [1.807, 2.05) is 6.08 Å². The molecule has 0 aliphatic heterocycles. The van der Waals surface area contributed by atoms with Crippen molar-refractivity contribution in [2.75, 3.05) is 0 Å². The van der Waals surface area contributed by atoms with Crippen LogP contribution in [0.4, 0.5) is 0 Å². The van der Waals surface area contributed by atoms with Gasteiger partial charge in [-0.3, -0.25) is 19.4 Å². The van der Waals surface area contributed by atoms with Crippen LogP contribution in [0.3, 0.4) is 0 Å². The van der Waals surface area contributed by atoms with Gasteiger partial charge in [-0.1, -0.05) is 51.6 Å². The summed E-state index contributed by atoms with van der Waals surface area (Å²) in [4.78, 5) is 71.2. The molecule has 10 nitrogen and oxygen atoms in total. The van der Waals surface area contributed by atoms with Gasteiger partial charge in [0.25, 0.3) is 0 Å². The van der Waals surface area contributed by atoms with Crippen molar-refractivity contribution in [1.29, 1.82) is 0 Å². The van der Waals surface area contributed by atoms with E-state index in [-0.39, 0.29) is 40.4 Å². The molecule has 1 aromatic heterocycles. The summed E-state index contributed by atoms with van der Waals surface area (Å²) < 4.78 is 24.2. The fourth-order valence-corrected chi connectivity index (χ4v) is 7.55. The number of hydrogen-bond donors (Lipinski definition) is 0. The van der Waals surface area contributed by atoms with E-state index in [0.29, 0.717) is 12.0 Å². The van der Waals surface area contributed by atoms with E-state index in [2.05, 4.69) is 25.4 Å². The van der Waals surface area contributed by atoms with Crippen LogP contribution in [0.15, 0.2) is 78.7 Å². The highest BCUT2D eigenvalue weighted by atomic mass is 16.6. The first-order chi connectivity index (χ1) is 22.2. The third kappa shape index (κ3) is 6.50. The summed E-state index contributed by atoms with van der Waals surface area (Å²) in [6, 6.07) is 11.5. The molecule has 248 valence electrons. The van der Waals surface area contributed by atoms with Crippen molar-refractivity contribution in [3.8, 4) is 0 Å². The lowest BCUT2D eigenvalue weighted by atomic mass is 9.76. The molecular weight excluding hydrogens is 602 g/mol. The lowest BCUT2D eigenvalue weighted by Gasteiger charge is -2.40. The Balaban J connectivity index is 1.68. The minimum Gasteiger partial charge on any atom is -0.458 e. The van der Waals surface area contributed by atoms with Gasteiger partial charge in [-0.2, -0.15) is 0 Å². The molecule has 3 aliphatic carbocycles. The summed E-state index contributed by atoms with van der Waals surface area (Å²) in [5.41, 5.74) is -1.11. The van der Waals surface area contributed by atoms with Gasteiger partial charge in [-0.15, -0.1) is 0 Å². The molecule has 0 N–H and O–H groups in total. The molecule has 10 heteroatoms. The number of carbonyl (C=O) groups excluding carboxylic acids is 5. The van der Waals surface area contributed by atoms with Crippen molar-refractivity contribution < 1.29 is 42.9 Å². The van der Waals surface area contributed by atoms with Gasteiger partial charge in [-0.25, -0.2) is 9.59 Å². The van der Waals surface area contributed by atoms with Gasteiger partial charge in [0.15, 0.2) is 5.60 Å². The van der Waals surface area contributed by atoms with Gasteiger partial charge < -0.3 is 18.9 Å². The Morgan fingerprint density at radius 3 is 2.19 bits per heavy atom. The maximum Gasteiger partial charge on any atom is 0.340 e. The number of rotatable bonds is 6. The number of fused-ring (bicyclic) bond motifs is 2. The first kappa shape index (κ1) is 33.8. The Labute approximate surface area is 274 Å². The van der Waals surface area contributed by atoms with Crippen LogP contribution < -0.4 is 0 Å². The second-order valence-corrected chi connectivity index (χ2v) is 13.5. The maximum atomic E-state index is 14.7. The van der Waals surface area contributed by atoms with Gasteiger partial charge >= 0.3 is 23.9 Å². The number of nitrogens with zero attached hydrogens (tertiary/aromatic N) is 1. The highest BCUT2D eigenvalue weighted by Crippen LogP contribution is 2.63. The molecule has 47 heavy (non-hydrogen) atoms. The number of Topliss-reactive ketones (excluding diaryl/α,β-unsaturated/α-hetero) is 1. The van der Waals surface area contributed by atoms with Crippen molar-refractivity contribution in [2.24, 2.45) is 29.1 Å². The Kier molecular flexibility index (Phi) is 9.26. The van der Waals surface area contributed by atoms with Crippen LogP contribution in [-0.4, -0.2) is 58.6 Å². The standard InChI is InChI=1S/C37H41NO9/c1-20-16-27-28(36(27,6)7)17-29(45-35(43)26-14-11-15-38-19-26)22(3)32(44-23(4)39)30-31(46-34(42)25-12-9-8-10-13-25)21(2)18-37(30,33(20)41)47-24(5)40/h8-16,19,21,27-32H,3,17-18H2,1-2,4-7H3/b20-16-/t21-,27+,28-,29+,30?,31-,32?,37+/m0/s1. The van der Waals surface area contributed by atoms with E-state index in [1.165, 1.54) is 26.2 Å². The number of allylic oxidation sites excluding steroid dienone is 1. The fourth-order valence-electron chi connectivity index (χ4n) is 7.55. The minimum atomic E-state index is -1.90.